The molecule has 1 aliphatic rings. The van der Waals surface area contributed by atoms with Crippen molar-refractivity contribution in [1.29, 1.82) is 0 Å². The third-order valence-electron chi connectivity index (χ3n) is 4.60. The molecular weight excluding hydrogens is 347 g/mol. The van der Waals surface area contributed by atoms with E-state index in [1.54, 1.807) is 4.90 Å². The van der Waals surface area contributed by atoms with E-state index in [0.717, 1.165) is 17.0 Å². The van der Waals surface area contributed by atoms with E-state index in [1.807, 2.05) is 31.2 Å². The molecule has 0 unspecified atom stereocenters. The molecule has 27 heavy (non-hydrogen) atoms. The molecule has 0 atom stereocenters. The lowest BCUT2D eigenvalue weighted by molar-refractivity contribution is 0.0718. The average molecular weight is 366 g/mol. The van der Waals surface area contributed by atoms with Crippen LogP contribution in [0.5, 0.6) is 5.75 Å². The van der Waals surface area contributed by atoms with Crippen LogP contribution in [-0.4, -0.2) is 22.3 Å². The van der Waals surface area contributed by atoms with Crippen molar-refractivity contribution in [2.45, 2.75) is 26.5 Å². The first-order chi connectivity index (χ1) is 13.1. The molecule has 0 saturated carbocycles. The van der Waals surface area contributed by atoms with E-state index in [4.69, 9.17) is 9.15 Å². The number of ether oxygens (including phenoxy) is 1. The van der Waals surface area contributed by atoms with Gasteiger partial charge in [0.1, 0.15) is 17.3 Å². The summed E-state index contributed by atoms with van der Waals surface area (Å²) < 4.78 is 24.6. The van der Waals surface area contributed by atoms with Gasteiger partial charge in [-0.05, 0) is 42.8 Å². The van der Waals surface area contributed by atoms with Crippen LogP contribution in [0.4, 0.5) is 4.39 Å². The number of carbonyl (C=O) groups excluding carboxylic acids is 1. The lowest BCUT2D eigenvalue weighted by Crippen LogP contribution is -2.35. The highest BCUT2D eigenvalue weighted by molar-refractivity contribution is 5.94. The lowest BCUT2D eigenvalue weighted by atomic mass is 10.1. The van der Waals surface area contributed by atoms with Gasteiger partial charge < -0.3 is 14.1 Å². The number of benzene rings is 2. The standard InChI is InChI=1S/C21H19FN2O3/c1-14-4-2-3-5-18(14)26-13-20-23-17-10-11-24(12-19(17)27-20)21(25)15-6-8-16(22)9-7-15/h2-9H,10-13H2,1H3. The first-order valence-corrected chi connectivity index (χ1v) is 8.81. The average Bonchev–Trinajstić information content (AvgIpc) is 3.09. The molecule has 0 fully saturated rings. The van der Waals surface area contributed by atoms with Crippen LogP contribution in [0.15, 0.2) is 52.9 Å². The maximum Gasteiger partial charge on any atom is 0.254 e. The van der Waals surface area contributed by atoms with Gasteiger partial charge in [0.15, 0.2) is 6.61 Å². The molecule has 1 aromatic heterocycles. The van der Waals surface area contributed by atoms with Crippen LogP contribution in [0.3, 0.4) is 0 Å². The van der Waals surface area contributed by atoms with Gasteiger partial charge in [0.25, 0.3) is 5.91 Å². The second-order valence-corrected chi connectivity index (χ2v) is 6.52. The van der Waals surface area contributed by atoms with E-state index < -0.39 is 0 Å². The molecule has 4 rings (SSSR count). The highest BCUT2D eigenvalue weighted by Gasteiger charge is 2.26. The Morgan fingerprint density at radius 1 is 1.22 bits per heavy atom. The summed E-state index contributed by atoms with van der Waals surface area (Å²) in [4.78, 5) is 18.8. The van der Waals surface area contributed by atoms with E-state index >= 15 is 0 Å². The molecule has 3 aromatic rings. The molecule has 1 aliphatic heterocycles. The number of para-hydroxylation sites is 1. The SMILES string of the molecule is Cc1ccccc1OCc1nc2c(o1)CN(C(=O)c1ccc(F)cc1)CC2. The highest BCUT2D eigenvalue weighted by Crippen LogP contribution is 2.23. The quantitative estimate of drug-likeness (QED) is 0.703. The number of nitrogens with zero attached hydrogens (tertiary/aromatic N) is 2. The number of halogens is 1. The van der Waals surface area contributed by atoms with Crippen molar-refractivity contribution in [1.82, 2.24) is 9.88 Å². The zero-order chi connectivity index (χ0) is 18.8. The zero-order valence-electron chi connectivity index (χ0n) is 14.9. The van der Waals surface area contributed by atoms with Gasteiger partial charge in [-0.15, -0.1) is 0 Å². The lowest BCUT2D eigenvalue weighted by Gasteiger charge is -2.25. The number of hydrogen-bond acceptors (Lipinski definition) is 4. The number of oxazole rings is 1. The molecule has 2 heterocycles. The van der Waals surface area contributed by atoms with Gasteiger partial charge in [0, 0.05) is 18.5 Å². The van der Waals surface area contributed by atoms with Gasteiger partial charge in [-0.1, -0.05) is 18.2 Å². The number of aromatic nitrogens is 1. The Bertz CT molecular complexity index is 966. The summed E-state index contributed by atoms with van der Waals surface area (Å²) in [6.07, 6.45) is 0.621. The first-order valence-electron chi connectivity index (χ1n) is 8.81. The molecule has 0 N–H and O–H groups in total. The van der Waals surface area contributed by atoms with Gasteiger partial charge in [-0.2, -0.15) is 0 Å². The molecular formula is C21H19FN2O3. The maximum absolute atomic E-state index is 13.1. The molecule has 0 spiro atoms. The van der Waals surface area contributed by atoms with Gasteiger partial charge in [-0.25, -0.2) is 9.37 Å². The van der Waals surface area contributed by atoms with Crippen LogP contribution >= 0.6 is 0 Å². The van der Waals surface area contributed by atoms with E-state index in [0.29, 0.717) is 36.7 Å². The Morgan fingerprint density at radius 3 is 2.78 bits per heavy atom. The van der Waals surface area contributed by atoms with Crippen LogP contribution in [0.1, 0.15) is 33.3 Å². The van der Waals surface area contributed by atoms with Crippen LogP contribution in [-0.2, 0) is 19.6 Å². The minimum atomic E-state index is -0.360. The molecule has 5 nitrogen and oxygen atoms in total. The summed E-state index contributed by atoms with van der Waals surface area (Å²) in [6, 6.07) is 13.3. The molecule has 0 bridgehead atoms. The van der Waals surface area contributed by atoms with E-state index in [9.17, 15) is 9.18 Å². The van der Waals surface area contributed by atoms with Gasteiger partial charge >= 0.3 is 0 Å². The zero-order valence-corrected chi connectivity index (χ0v) is 14.9. The first kappa shape index (κ1) is 17.3. The maximum atomic E-state index is 13.1. The summed E-state index contributed by atoms with van der Waals surface area (Å²) in [7, 11) is 0. The largest absolute Gasteiger partial charge is 0.484 e. The molecule has 0 aliphatic carbocycles. The van der Waals surface area contributed by atoms with Gasteiger partial charge in [0.05, 0.1) is 12.2 Å². The van der Waals surface area contributed by atoms with E-state index in [-0.39, 0.29) is 18.3 Å². The predicted octanol–water partition coefficient (Wildman–Crippen LogP) is 3.90. The Balaban J connectivity index is 1.43. The minimum absolute atomic E-state index is 0.144. The van der Waals surface area contributed by atoms with Crippen molar-refractivity contribution in [2.24, 2.45) is 0 Å². The molecule has 0 radical (unpaired) electrons. The summed E-state index contributed by atoms with van der Waals surface area (Å²) in [5.41, 5.74) is 2.37. The van der Waals surface area contributed by atoms with E-state index in [1.165, 1.54) is 24.3 Å². The number of aryl methyl sites for hydroxylation is 1. The van der Waals surface area contributed by atoms with Crippen LogP contribution in [0.25, 0.3) is 0 Å². The Morgan fingerprint density at radius 2 is 2.00 bits per heavy atom. The predicted molar refractivity (Wildman–Crippen MR) is 96.9 cm³/mol. The minimum Gasteiger partial charge on any atom is -0.484 e. The van der Waals surface area contributed by atoms with Crippen molar-refractivity contribution in [3.8, 4) is 5.75 Å². The number of hydrogen-bond donors (Lipinski definition) is 0. The smallest absolute Gasteiger partial charge is 0.254 e. The number of amides is 1. The fraction of sp³-hybridized carbons (Fsp3) is 0.238. The Hall–Kier alpha value is -3.15. The van der Waals surface area contributed by atoms with Crippen molar-refractivity contribution < 1.29 is 18.3 Å². The fourth-order valence-corrected chi connectivity index (χ4v) is 3.12. The topological polar surface area (TPSA) is 55.6 Å². The van der Waals surface area contributed by atoms with Crippen molar-refractivity contribution in [3.05, 3.63) is 82.8 Å². The van der Waals surface area contributed by atoms with Gasteiger partial charge in [-0.3, -0.25) is 4.79 Å². The Kier molecular flexibility index (Phi) is 4.62. The summed E-state index contributed by atoms with van der Waals surface area (Å²) in [5.74, 6) is 1.47. The number of rotatable bonds is 4. The van der Waals surface area contributed by atoms with Crippen molar-refractivity contribution in [3.63, 3.8) is 0 Å². The number of fused-ring (bicyclic) bond motifs is 1. The van der Waals surface area contributed by atoms with Crippen LogP contribution in [0.2, 0.25) is 0 Å². The third-order valence-corrected chi connectivity index (χ3v) is 4.60. The van der Waals surface area contributed by atoms with Crippen molar-refractivity contribution >= 4 is 5.91 Å². The van der Waals surface area contributed by atoms with Crippen molar-refractivity contribution in [2.75, 3.05) is 6.54 Å². The summed E-state index contributed by atoms with van der Waals surface area (Å²) in [6.45, 7) is 3.12. The fourth-order valence-electron chi connectivity index (χ4n) is 3.12. The second kappa shape index (κ2) is 7.23. The molecule has 2 aromatic carbocycles. The monoisotopic (exact) mass is 366 g/mol. The van der Waals surface area contributed by atoms with Crippen LogP contribution in [0, 0.1) is 12.7 Å². The van der Waals surface area contributed by atoms with Gasteiger partial charge in [0.2, 0.25) is 5.89 Å². The summed E-state index contributed by atoms with van der Waals surface area (Å²) in [5, 5.41) is 0. The normalized spacial score (nSPS) is 13.3. The van der Waals surface area contributed by atoms with Crippen LogP contribution < -0.4 is 4.74 Å². The third kappa shape index (κ3) is 3.69. The summed E-state index contributed by atoms with van der Waals surface area (Å²) >= 11 is 0. The molecule has 0 saturated heterocycles. The molecule has 138 valence electrons. The highest BCUT2D eigenvalue weighted by atomic mass is 19.1. The molecule has 6 heteroatoms. The second-order valence-electron chi connectivity index (χ2n) is 6.52. The van der Waals surface area contributed by atoms with E-state index in [2.05, 4.69) is 4.98 Å². The Labute approximate surface area is 156 Å². The molecule has 1 amide bonds. The number of carbonyl (C=O) groups is 1.